The van der Waals surface area contributed by atoms with Crippen LogP contribution in [0.5, 0.6) is 0 Å². The fourth-order valence-electron chi connectivity index (χ4n) is 1.25. The van der Waals surface area contributed by atoms with Crippen molar-refractivity contribution in [2.24, 2.45) is 0 Å². The first-order valence-corrected chi connectivity index (χ1v) is 6.18. The van der Waals surface area contributed by atoms with Crippen molar-refractivity contribution in [1.82, 2.24) is 5.32 Å². The zero-order valence-corrected chi connectivity index (χ0v) is 11.6. The molecule has 1 atom stereocenters. The summed E-state index contributed by atoms with van der Waals surface area (Å²) in [5.74, 6) is -1.97. The van der Waals surface area contributed by atoms with E-state index in [0.29, 0.717) is 11.0 Å². The molecule has 1 aromatic carbocycles. The third-order valence-electron chi connectivity index (χ3n) is 2.16. The molecule has 0 aromatic heterocycles. The number of benzene rings is 1. The largest absolute Gasteiger partial charge is 0.449 e. The highest BCUT2D eigenvalue weighted by atomic mass is 79.9. The van der Waals surface area contributed by atoms with Gasteiger partial charge in [-0.1, -0.05) is 15.9 Å². The summed E-state index contributed by atoms with van der Waals surface area (Å²) in [4.78, 5) is 23.0. The third-order valence-corrected chi connectivity index (χ3v) is 2.65. The van der Waals surface area contributed by atoms with Gasteiger partial charge in [0.1, 0.15) is 5.82 Å². The van der Waals surface area contributed by atoms with Gasteiger partial charge in [0.15, 0.2) is 6.10 Å². The molecule has 0 aliphatic rings. The lowest BCUT2D eigenvalue weighted by atomic mass is 10.2. The standard InChI is InChI=1S/C12H13BrFNO3/c1-3-15-11(16)7(2)18-12(17)9-5-4-8(13)6-10(9)14/h4-7H,3H2,1-2H3,(H,15,16)/t7-/m1/s1. The average Bonchev–Trinajstić information content (AvgIpc) is 2.28. The molecule has 0 spiro atoms. The van der Waals surface area contributed by atoms with Gasteiger partial charge in [0.25, 0.3) is 5.91 Å². The quantitative estimate of drug-likeness (QED) is 0.867. The minimum atomic E-state index is -0.958. The fraction of sp³-hybridized carbons (Fsp3) is 0.333. The van der Waals surface area contributed by atoms with Crippen molar-refractivity contribution in [2.75, 3.05) is 6.54 Å². The Morgan fingerprint density at radius 2 is 2.17 bits per heavy atom. The lowest BCUT2D eigenvalue weighted by Crippen LogP contribution is -2.35. The molecule has 1 N–H and O–H groups in total. The number of amides is 1. The van der Waals surface area contributed by atoms with Crippen LogP contribution in [-0.4, -0.2) is 24.5 Å². The number of likely N-dealkylation sites (N-methyl/N-ethyl adjacent to an activating group) is 1. The van der Waals surface area contributed by atoms with Crippen molar-refractivity contribution in [3.8, 4) is 0 Å². The van der Waals surface area contributed by atoms with Gasteiger partial charge in [-0.3, -0.25) is 4.79 Å². The summed E-state index contributed by atoms with van der Waals surface area (Å²) in [5.41, 5.74) is -0.200. The van der Waals surface area contributed by atoms with E-state index in [1.165, 1.54) is 19.1 Å². The molecule has 1 rings (SSSR count). The van der Waals surface area contributed by atoms with Crippen LogP contribution in [0.4, 0.5) is 4.39 Å². The Balaban J connectivity index is 2.73. The first-order valence-electron chi connectivity index (χ1n) is 5.39. The van der Waals surface area contributed by atoms with Crippen molar-refractivity contribution in [1.29, 1.82) is 0 Å². The van der Waals surface area contributed by atoms with Crippen molar-refractivity contribution in [3.05, 3.63) is 34.1 Å². The van der Waals surface area contributed by atoms with E-state index in [1.54, 1.807) is 6.92 Å². The number of nitrogens with one attached hydrogen (secondary N) is 1. The number of halogens is 2. The Morgan fingerprint density at radius 1 is 1.50 bits per heavy atom. The Hall–Kier alpha value is -1.43. The van der Waals surface area contributed by atoms with E-state index < -0.39 is 23.8 Å². The maximum atomic E-state index is 13.5. The molecule has 18 heavy (non-hydrogen) atoms. The highest BCUT2D eigenvalue weighted by Crippen LogP contribution is 2.16. The summed E-state index contributed by atoms with van der Waals surface area (Å²) in [6.07, 6.45) is -0.958. The highest BCUT2D eigenvalue weighted by molar-refractivity contribution is 9.10. The Bertz CT molecular complexity index is 465. The smallest absolute Gasteiger partial charge is 0.341 e. The summed E-state index contributed by atoms with van der Waals surface area (Å²) < 4.78 is 18.9. The van der Waals surface area contributed by atoms with Gasteiger partial charge in [-0.2, -0.15) is 0 Å². The van der Waals surface area contributed by atoms with E-state index in [1.807, 2.05) is 0 Å². The van der Waals surface area contributed by atoms with Gasteiger partial charge >= 0.3 is 5.97 Å². The van der Waals surface area contributed by atoms with Crippen LogP contribution < -0.4 is 5.32 Å². The summed E-state index contributed by atoms with van der Waals surface area (Å²) in [5, 5.41) is 2.51. The first kappa shape index (κ1) is 14.6. The molecular formula is C12H13BrFNO3. The lowest BCUT2D eigenvalue weighted by molar-refractivity contribution is -0.128. The zero-order valence-electron chi connectivity index (χ0n) is 10.00. The number of ether oxygens (including phenoxy) is 1. The Labute approximate surface area is 113 Å². The predicted molar refractivity (Wildman–Crippen MR) is 67.7 cm³/mol. The van der Waals surface area contributed by atoms with Crippen LogP contribution in [-0.2, 0) is 9.53 Å². The van der Waals surface area contributed by atoms with Crippen LogP contribution in [0.1, 0.15) is 24.2 Å². The summed E-state index contributed by atoms with van der Waals surface area (Å²) in [6.45, 7) is 3.62. The molecule has 98 valence electrons. The highest BCUT2D eigenvalue weighted by Gasteiger charge is 2.20. The molecule has 0 bridgehead atoms. The molecule has 0 heterocycles. The summed E-state index contributed by atoms with van der Waals surface area (Å²) in [7, 11) is 0. The number of rotatable bonds is 4. The van der Waals surface area contributed by atoms with Crippen molar-refractivity contribution in [2.45, 2.75) is 20.0 Å². The SMILES string of the molecule is CCNC(=O)[C@@H](C)OC(=O)c1ccc(Br)cc1F. The molecule has 0 aliphatic heterocycles. The van der Waals surface area contributed by atoms with E-state index in [-0.39, 0.29) is 5.56 Å². The van der Waals surface area contributed by atoms with Gasteiger partial charge in [-0.15, -0.1) is 0 Å². The topological polar surface area (TPSA) is 55.4 Å². The fourth-order valence-corrected chi connectivity index (χ4v) is 1.58. The molecule has 0 saturated heterocycles. The van der Waals surface area contributed by atoms with Crippen LogP contribution >= 0.6 is 15.9 Å². The molecule has 0 aliphatic carbocycles. The number of hydrogen-bond acceptors (Lipinski definition) is 3. The van der Waals surface area contributed by atoms with Crippen LogP contribution in [0.2, 0.25) is 0 Å². The number of hydrogen-bond donors (Lipinski definition) is 1. The van der Waals surface area contributed by atoms with Crippen LogP contribution in [0, 0.1) is 5.82 Å². The van der Waals surface area contributed by atoms with Crippen molar-refractivity contribution >= 4 is 27.8 Å². The second-order valence-corrected chi connectivity index (χ2v) is 4.48. The van der Waals surface area contributed by atoms with Gasteiger partial charge in [0.2, 0.25) is 0 Å². The van der Waals surface area contributed by atoms with Crippen LogP contribution in [0.25, 0.3) is 0 Å². The van der Waals surface area contributed by atoms with Crippen molar-refractivity contribution < 1.29 is 18.7 Å². The second kappa shape index (κ2) is 6.49. The molecule has 0 unspecified atom stereocenters. The van der Waals surface area contributed by atoms with Gasteiger partial charge in [-0.05, 0) is 32.0 Å². The number of carbonyl (C=O) groups excluding carboxylic acids is 2. The molecule has 6 heteroatoms. The van der Waals surface area contributed by atoms with Gasteiger partial charge in [-0.25, -0.2) is 9.18 Å². The van der Waals surface area contributed by atoms with E-state index in [0.717, 1.165) is 6.07 Å². The Kier molecular flexibility index (Phi) is 5.27. The first-order chi connectivity index (χ1) is 8.45. The average molecular weight is 318 g/mol. The molecule has 0 radical (unpaired) electrons. The molecule has 1 amide bonds. The van der Waals surface area contributed by atoms with Crippen LogP contribution in [0.15, 0.2) is 22.7 Å². The normalized spacial score (nSPS) is 11.8. The van der Waals surface area contributed by atoms with E-state index in [9.17, 15) is 14.0 Å². The van der Waals surface area contributed by atoms with Crippen molar-refractivity contribution in [3.63, 3.8) is 0 Å². The Morgan fingerprint density at radius 3 is 2.72 bits per heavy atom. The van der Waals surface area contributed by atoms with E-state index >= 15 is 0 Å². The van der Waals surface area contributed by atoms with Crippen LogP contribution in [0.3, 0.4) is 0 Å². The second-order valence-electron chi connectivity index (χ2n) is 3.57. The summed E-state index contributed by atoms with van der Waals surface area (Å²) in [6, 6.07) is 3.98. The van der Waals surface area contributed by atoms with Gasteiger partial charge < -0.3 is 10.1 Å². The lowest BCUT2D eigenvalue weighted by Gasteiger charge is -2.12. The predicted octanol–water partition coefficient (Wildman–Crippen LogP) is 2.27. The minimum Gasteiger partial charge on any atom is -0.449 e. The molecular weight excluding hydrogens is 305 g/mol. The van der Waals surface area contributed by atoms with Gasteiger partial charge in [0.05, 0.1) is 5.56 Å². The molecule has 1 aromatic rings. The van der Waals surface area contributed by atoms with E-state index in [4.69, 9.17) is 4.74 Å². The zero-order chi connectivity index (χ0) is 13.7. The maximum absolute atomic E-state index is 13.5. The summed E-state index contributed by atoms with van der Waals surface area (Å²) >= 11 is 3.08. The number of esters is 1. The molecule has 4 nitrogen and oxygen atoms in total. The monoisotopic (exact) mass is 317 g/mol. The number of carbonyl (C=O) groups is 2. The minimum absolute atomic E-state index is 0.200. The maximum Gasteiger partial charge on any atom is 0.341 e. The molecule has 0 fully saturated rings. The van der Waals surface area contributed by atoms with Gasteiger partial charge in [0, 0.05) is 11.0 Å². The third kappa shape index (κ3) is 3.80. The van der Waals surface area contributed by atoms with E-state index in [2.05, 4.69) is 21.2 Å². The molecule has 0 saturated carbocycles.